The van der Waals surface area contributed by atoms with Crippen molar-refractivity contribution in [2.75, 3.05) is 0 Å². The lowest BCUT2D eigenvalue weighted by molar-refractivity contribution is -0.146. The van der Waals surface area contributed by atoms with Crippen LogP contribution in [0.4, 0.5) is 0 Å². The normalized spacial score (nSPS) is 23.7. The van der Waals surface area contributed by atoms with Gasteiger partial charge in [-0.1, -0.05) is 83.8 Å². The molecule has 5 heteroatoms. The van der Waals surface area contributed by atoms with Gasteiger partial charge < -0.3 is 20.4 Å². The molecule has 0 aromatic rings. The van der Waals surface area contributed by atoms with Crippen LogP contribution < -0.4 is 0 Å². The Morgan fingerprint density at radius 1 is 0.844 bits per heavy atom. The number of aliphatic hydroxyl groups excluding tert-OH is 3. The van der Waals surface area contributed by atoms with E-state index < -0.39 is 24.1 Å². The van der Waals surface area contributed by atoms with Crippen molar-refractivity contribution in [1.82, 2.24) is 0 Å². The van der Waals surface area contributed by atoms with Crippen LogP contribution in [0.3, 0.4) is 0 Å². The number of allylic oxidation sites excluding steroid dienone is 1. The number of unbranched alkanes of at least 4 members (excludes halogenated alkanes) is 6. The Bertz CT molecular complexity index is 506. The monoisotopic (exact) mass is 454 g/mol. The number of carbonyl (C=O) groups is 1. The standard InChI is InChI=1S/C27H50O5/c1-3-5-8-12-21-16-17-22(26(30)20-21)13-10-7-11-15-24(27(31)32)25(29)19-18-23(28)14-9-6-4-2/h16-17,21-26,28-30H,3-15,18-20H2,1-2H3,(H,31,32). The topological polar surface area (TPSA) is 98.0 Å². The number of hydrogen-bond acceptors (Lipinski definition) is 4. The van der Waals surface area contributed by atoms with E-state index in [1.54, 1.807) is 0 Å². The third kappa shape index (κ3) is 12.4. The van der Waals surface area contributed by atoms with Crippen molar-refractivity contribution < 1.29 is 25.2 Å². The number of hydrogen-bond donors (Lipinski definition) is 4. The molecule has 0 aromatic carbocycles. The van der Waals surface area contributed by atoms with Gasteiger partial charge in [0.25, 0.3) is 0 Å². The van der Waals surface area contributed by atoms with Crippen LogP contribution in [0.25, 0.3) is 0 Å². The number of aliphatic carboxylic acids is 1. The first-order valence-corrected chi connectivity index (χ1v) is 13.3. The van der Waals surface area contributed by atoms with Crippen molar-refractivity contribution in [2.45, 2.75) is 135 Å². The third-order valence-corrected chi connectivity index (χ3v) is 7.12. The molecule has 1 aliphatic carbocycles. The molecule has 1 aliphatic rings. The van der Waals surface area contributed by atoms with Gasteiger partial charge >= 0.3 is 5.97 Å². The maximum Gasteiger partial charge on any atom is 0.309 e. The van der Waals surface area contributed by atoms with Gasteiger partial charge in [0.1, 0.15) is 0 Å². The minimum absolute atomic E-state index is 0.215. The first-order valence-electron chi connectivity index (χ1n) is 13.3. The van der Waals surface area contributed by atoms with Gasteiger partial charge in [-0.05, 0) is 50.9 Å². The van der Waals surface area contributed by atoms with Gasteiger partial charge in [0, 0.05) is 5.92 Å². The lowest BCUT2D eigenvalue weighted by Gasteiger charge is -2.28. The molecular weight excluding hydrogens is 404 g/mol. The van der Waals surface area contributed by atoms with Crippen LogP contribution in [0.2, 0.25) is 0 Å². The van der Waals surface area contributed by atoms with E-state index in [2.05, 4.69) is 26.0 Å². The summed E-state index contributed by atoms with van der Waals surface area (Å²) < 4.78 is 0. The molecule has 0 amide bonds. The molecule has 188 valence electrons. The van der Waals surface area contributed by atoms with Gasteiger partial charge in [-0.25, -0.2) is 0 Å². The third-order valence-electron chi connectivity index (χ3n) is 7.12. The molecule has 0 saturated heterocycles. The van der Waals surface area contributed by atoms with E-state index in [0.717, 1.165) is 57.8 Å². The van der Waals surface area contributed by atoms with E-state index in [-0.39, 0.29) is 12.0 Å². The maximum absolute atomic E-state index is 11.6. The predicted molar refractivity (Wildman–Crippen MR) is 130 cm³/mol. The van der Waals surface area contributed by atoms with Crippen LogP contribution in [0.1, 0.15) is 117 Å². The Labute approximate surface area is 196 Å². The highest BCUT2D eigenvalue weighted by atomic mass is 16.4. The van der Waals surface area contributed by atoms with Crippen molar-refractivity contribution >= 4 is 5.97 Å². The molecule has 0 spiro atoms. The zero-order valence-corrected chi connectivity index (χ0v) is 20.6. The minimum Gasteiger partial charge on any atom is -0.481 e. The molecule has 6 unspecified atom stereocenters. The van der Waals surface area contributed by atoms with E-state index in [4.69, 9.17) is 0 Å². The molecule has 0 bridgehead atoms. The zero-order chi connectivity index (χ0) is 23.8. The molecule has 0 heterocycles. The van der Waals surface area contributed by atoms with E-state index in [9.17, 15) is 25.2 Å². The predicted octanol–water partition coefficient (Wildman–Crippen LogP) is 5.85. The second kappa shape index (κ2) is 17.6. The van der Waals surface area contributed by atoms with Crippen molar-refractivity contribution in [3.63, 3.8) is 0 Å². The molecule has 0 saturated carbocycles. The summed E-state index contributed by atoms with van der Waals surface area (Å²) in [7, 11) is 0. The number of rotatable bonds is 19. The molecular formula is C27H50O5. The summed E-state index contributed by atoms with van der Waals surface area (Å²) >= 11 is 0. The largest absolute Gasteiger partial charge is 0.481 e. The summed E-state index contributed by atoms with van der Waals surface area (Å²) in [6, 6.07) is 0. The van der Waals surface area contributed by atoms with Crippen LogP contribution in [0, 0.1) is 17.8 Å². The highest BCUT2D eigenvalue weighted by Crippen LogP contribution is 2.30. The van der Waals surface area contributed by atoms with E-state index in [0.29, 0.717) is 25.2 Å². The van der Waals surface area contributed by atoms with Crippen molar-refractivity contribution in [3.8, 4) is 0 Å². The molecule has 1 rings (SSSR count). The quantitative estimate of drug-likeness (QED) is 0.145. The molecule has 0 radical (unpaired) electrons. The number of aliphatic hydroxyl groups is 3. The molecule has 0 fully saturated rings. The van der Waals surface area contributed by atoms with Crippen molar-refractivity contribution in [2.24, 2.45) is 17.8 Å². The fourth-order valence-corrected chi connectivity index (χ4v) is 4.89. The Kier molecular flexibility index (Phi) is 16.0. The molecule has 0 aliphatic heterocycles. The maximum atomic E-state index is 11.6. The second-order valence-electron chi connectivity index (χ2n) is 9.98. The summed E-state index contributed by atoms with van der Waals surface area (Å²) in [5.41, 5.74) is 0. The first kappa shape index (κ1) is 29.1. The molecule has 0 aromatic heterocycles. The lowest BCUT2D eigenvalue weighted by atomic mass is 9.81. The molecule has 5 nitrogen and oxygen atoms in total. The summed E-state index contributed by atoms with van der Waals surface area (Å²) in [6.45, 7) is 4.33. The van der Waals surface area contributed by atoms with Crippen molar-refractivity contribution in [3.05, 3.63) is 12.2 Å². The number of carboxylic acid groups (broad SMARTS) is 1. The molecule has 32 heavy (non-hydrogen) atoms. The number of carboxylic acids is 1. The molecule has 6 atom stereocenters. The smallest absolute Gasteiger partial charge is 0.309 e. The lowest BCUT2D eigenvalue weighted by Crippen LogP contribution is -2.29. The second-order valence-corrected chi connectivity index (χ2v) is 9.98. The van der Waals surface area contributed by atoms with Crippen LogP contribution in [0.5, 0.6) is 0 Å². The Hall–Kier alpha value is -0.910. The minimum atomic E-state index is -0.947. The van der Waals surface area contributed by atoms with Gasteiger partial charge in [0.15, 0.2) is 0 Å². The van der Waals surface area contributed by atoms with E-state index >= 15 is 0 Å². The van der Waals surface area contributed by atoms with Crippen molar-refractivity contribution in [1.29, 1.82) is 0 Å². The fourth-order valence-electron chi connectivity index (χ4n) is 4.89. The summed E-state index contributed by atoms with van der Waals surface area (Å²) in [4.78, 5) is 11.6. The van der Waals surface area contributed by atoms with Gasteiger partial charge in [0.2, 0.25) is 0 Å². The van der Waals surface area contributed by atoms with Crippen LogP contribution in [-0.4, -0.2) is 44.7 Å². The van der Waals surface area contributed by atoms with Gasteiger partial charge in [-0.2, -0.15) is 0 Å². The Morgan fingerprint density at radius 2 is 1.50 bits per heavy atom. The van der Waals surface area contributed by atoms with Crippen LogP contribution in [0.15, 0.2) is 12.2 Å². The Morgan fingerprint density at radius 3 is 2.16 bits per heavy atom. The van der Waals surface area contributed by atoms with Gasteiger partial charge in [0.05, 0.1) is 24.2 Å². The summed E-state index contributed by atoms with van der Waals surface area (Å²) in [5, 5.41) is 40.4. The highest BCUT2D eigenvalue weighted by Gasteiger charge is 2.27. The molecule has 4 N–H and O–H groups in total. The zero-order valence-electron chi connectivity index (χ0n) is 20.6. The van der Waals surface area contributed by atoms with Gasteiger partial charge in [-0.15, -0.1) is 0 Å². The Balaban J connectivity index is 2.25. The average Bonchev–Trinajstić information content (AvgIpc) is 2.76. The fraction of sp³-hybridized carbons (Fsp3) is 0.889. The van der Waals surface area contributed by atoms with E-state index in [1.165, 1.54) is 25.7 Å². The first-order chi connectivity index (χ1) is 15.4. The SMILES string of the molecule is CCCCCC(O)CCC(O)C(CCCCCC1C=CC(CCCCC)CC1O)C(=O)O. The summed E-state index contributed by atoms with van der Waals surface area (Å²) in [5.74, 6) is -0.983. The van der Waals surface area contributed by atoms with Crippen LogP contribution in [-0.2, 0) is 4.79 Å². The van der Waals surface area contributed by atoms with E-state index in [1.807, 2.05) is 0 Å². The average molecular weight is 455 g/mol. The van der Waals surface area contributed by atoms with Gasteiger partial charge in [-0.3, -0.25) is 4.79 Å². The summed E-state index contributed by atoms with van der Waals surface area (Å²) in [6.07, 6.45) is 17.3. The van der Waals surface area contributed by atoms with Crippen LogP contribution >= 0.6 is 0 Å². The highest BCUT2D eigenvalue weighted by molar-refractivity contribution is 5.70.